The summed E-state index contributed by atoms with van der Waals surface area (Å²) in [7, 11) is 0. The monoisotopic (exact) mass is 175 g/mol. The van der Waals surface area contributed by atoms with Gasteiger partial charge in [0.2, 0.25) is 0 Å². The summed E-state index contributed by atoms with van der Waals surface area (Å²) in [5.74, 6) is 0.924. The lowest BCUT2D eigenvalue weighted by Gasteiger charge is -2.21. The van der Waals surface area contributed by atoms with Crippen molar-refractivity contribution in [2.24, 2.45) is 0 Å². The Morgan fingerprint density at radius 3 is 3.38 bits per heavy atom. The highest BCUT2D eigenvalue weighted by molar-refractivity contribution is 5.69. The summed E-state index contributed by atoms with van der Waals surface area (Å²) >= 11 is 0. The fourth-order valence-electron chi connectivity index (χ4n) is 1.40. The van der Waals surface area contributed by atoms with Gasteiger partial charge in [-0.25, -0.2) is 4.98 Å². The number of hydrogen-bond donors (Lipinski definition) is 2. The van der Waals surface area contributed by atoms with Crippen molar-refractivity contribution in [3.8, 4) is 0 Å². The van der Waals surface area contributed by atoms with Gasteiger partial charge < -0.3 is 10.6 Å². The zero-order chi connectivity index (χ0) is 9.10. The molecule has 0 aliphatic carbocycles. The maximum absolute atomic E-state index is 4.24. The first-order valence-electron chi connectivity index (χ1n) is 4.55. The van der Waals surface area contributed by atoms with Gasteiger partial charge in [-0.2, -0.15) is 0 Å². The van der Waals surface area contributed by atoms with Gasteiger partial charge in [0.05, 0.1) is 12.2 Å². The smallest absolute Gasteiger partial charge is 0.153 e. The third-order valence-corrected chi connectivity index (χ3v) is 2.01. The van der Waals surface area contributed by atoms with Crippen LogP contribution in [0.4, 0.5) is 11.5 Å². The van der Waals surface area contributed by atoms with E-state index in [4.69, 9.17) is 0 Å². The molecule has 0 saturated heterocycles. The second-order valence-electron chi connectivity index (χ2n) is 3.02. The Bertz CT molecular complexity index is 331. The molecule has 0 atom stereocenters. The molecule has 2 heterocycles. The first-order chi connectivity index (χ1) is 6.40. The molecule has 3 nitrogen and oxygen atoms in total. The Morgan fingerprint density at radius 2 is 2.54 bits per heavy atom. The number of pyridine rings is 1. The van der Waals surface area contributed by atoms with Crippen LogP contribution in [0.2, 0.25) is 0 Å². The third kappa shape index (κ3) is 1.64. The van der Waals surface area contributed by atoms with E-state index in [9.17, 15) is 0 Å². The van der Waals surface area contributed by atoms with Gasteiger partial charge >= 0.3 is 0 Å². The predicted molar refractivity (Wildman–Crippen MR) is 54.7 cm³/mol. The normalized spacial score (nSPS) is 17.5. The number of fused-ring (bicyclic) bond motifs is 1. The van der Waals surface area contributed by atoms with E-state index in [0.717, 1.165) is 24.5 Å². The van der Waals surface area contributed by atoms with Gasteiger partial charge in [0, 0.05) is 11.9 Å². The Balaban J connectivity index is 2.24. The molecule has 1 aliphatic heterocycles. The molecule has 0 saturated carbocycles. The molecule has 68 valence electrons. The van der Waals surface area contributed by atoms with E-state index in [2.05, 4.69) is 28.6 Å². The maximum Gasteiger partial charge on any atom is 0.153 e. The molecule has 1 aromatic heterocycles. The Morgan fingerprint density at radius 1 is 1.62 bits per heavy atom. The lowest BCUT2D eigenvalue weighted by Crippen LogP contribution is -2.19. The lowest BCUT2D eigenvalue weighted by atomic mass is 10.2. The van der Waals surface area contributed by atoms with Crippen LogP contribution in [0.3, 0.4) is 0 Å². The highest BCUT2D eigenvalue weighted by Crippen LogP contribution is 2.23. The summed E-state index contributed by atoms with van der Waals surface area (Å²) in [6.45, 7) is 3.00. The van der Waals surface area contributed by atoms with Crippen molar-refractivity contribution in [1.82, 2.24) is 4.98 Å². The number of aromatic nitrogens is 1. The standard InChI is InChI=1S/C10H13N3/c1-2-4-8-7-12-9-5-3-6-11-10(9)13-8/h3-6,12H,2,7H2,1H3,(H,11,13)/b8-4+. The van der Waals surface area contributed by atoms with Crippen LogP contribution in [-0.2, 0) is 0 Å². The minimum absolute atomic E-state index is 0.868. The average Bonchev–Trinajstić information content (AvgIpc) is 2.18. The minimum atomic E-state index is 0.868. The van der Waals surface area contributed by atoms with Gasteiger partial charge in [0.1, 0.15) is 0 Å². The van der Waals surface area contributed by atoms with Crippen LogP contribution in [0.5, 0.6) is 0 Å². The molecule has 1 aliphatic rings. The Hall–Kier alpha value is -1.51. The molecule has 0 amide bonds. The quantitative estimate of drug-likeness (QED) is 0.687. The van der Waals surface area contributed by atoms with Crippen molar-refractivity contribution in [3.05, 3.63) is 30.1 Å². The Kier molecular flexibility index (Phi) is 2.17. The molecule has 3 heteroatoms. The zero-order valence-corrected chi connectivity index (χ0v) is 7.67. The summed E-state index contributed by atoms with van der Waals surface area (Å²) in [6.07, 6.45) is 5.01. The average molecular weight is 175 g/mol. The molecular weight excluding hydrogens is 162 g/mol. The largest absolute Gasteiger partial charge is 0.376 e. The number of nitrogens with one attached hydrogen (secondary N) is 2. The van der Waals surface area contributed by atoms with Crippen LogP contribution in [0, 0.1) is 0 Å². The zero-order valence-electron chi connectivity index (χ0n) is 7.67. The van der Waals surface area contributed by atoms with Gasteiger partial charge in [0.15, 0.2) is 5.82 Å². The first-order valence-corrected chi connectivity index (χ1v) is 4.55. The summed E-state index contributed by atoms with van der Waals surface area (Å²) in [5, 5.41) is 6.59. The van der Waals surface area contributed by atoms with E-state index in [1.807, 2.05) is 12.1 Å². The molecule has 0 spiro atoms. The second-order valence-corrected chi connectivity index (χ2v) is 3.02. The van der Waals surface area contributed by atoms with E-state index in [1.54, 1.807) is 6.20 Å². The van der Waals surface area contributed by atoms with E-state index in [0.29, 0.717) is 0 Å². The predicted octanol–water partition coefficient (Wildman–Crippen LogP) is 2.21. The molecule has 0 radical (unpaired) electrons. The fourth-order valence-corrected chi connectivity index (χ4v) is 1.40. The van der Waals surface area contributed by atoms with Crippen molar-refractivity contribution in [2.45, 2.75) is 13.3 Å². The summed E-state index contributed by atoms with van der Waals surface area (Å²) < 4.78 is 0. The number of anilines is 2. The van der Waals surface area contributed by atoms with Crippen molar-refractivity contribution in [2.75, 3.05) is 17.2 Å². The lowest BCUT2D eigenvalue weighted by molar-refractivity contribution is 1.08. The molecule has 2 N–H and O–H groups in total. The van der Waals surface area contributed by atoms with E-state index in [-0.39, 0.29) is 0 Å². The van der Waals surface area contributed by atoms with Gasteiger partial charge in [0.25, 0.3) is 0 Å². The third-order valence-electron chi connectivity index (χ3n) is 2.01. The fraction of sp³-hybridized carbons (Fsp3) is 0.300. The molecule has 0 fully saturated rings. The summed E-state index contributed by atoms with van der Waals surface area (Å²) in [6, 6.07) is 3.96. The first kappa shape index (κ1) is 8.10. The second kappa shape index (κ2) is 3.47. The van der Waals surface area contributed by atoms with Crippen LogP contribution >= 0.6 is 0 Å². The summed E-state index contributed by atoms with van der Waals surface area (Å²) in [5.41, 5.74) is 2.28. The summed E-state index contributed by atoms with van der Waals surface area (Å²) in [4.78, 5) is 4.24. The minimum Gasteiger partial charge on any atom is -0.376 e. The number of nitrogens with zero attached hydrogens (tertiary/aromatic N) is 1. The van der Waals surface area contributed by atoms with E-state index in [1.165, 1.54) is 5.70 Å². The topological polar surface area (TPSA) is 37.0 Å². The van der Waals surface area contributed by atoms with Gasteiger partial charge in [-0.15, -0.1) is 0 Å². The van der Waals surface area contributed by atoms with Crippen molar-refractivity contribution in [3.63, 3.8) is 0 Å². The molecule has 0 bridgehead atoms. The van der Waals surface area contributed by atoms with E-state index >= 15 is 0 Å². The van der Waals surface area contributed by atoms with Gasteiger partial charge in [-0.1, -0.05) is 13.0 Å². The highest BCUT2D eigenvalue weighted by atomic mass is 15.1. The van der Waals surface area contributed by atoms with Crippen LogP contribution in [0.25, 0.3) is 0 Å². The molecule has 13 heavy (non-hydrogen) atoms. The van der Waals surface area contributed by atoms with Gasteiger partial charge in [-0.3, -0.25) is 0 Å². The van der Waals surface area contributed by atoms with Crippen molar-refractivity contribution in [1.29, 1.82) is 0 Å². The molecular formula is C10H13N3. The number of hydrogen-bond acceptors (Lipinski definition) is 3. The number of allylic oxidation sites excluding steroid dienone is 1. The van der Waals surface area contributed by atoms with Crippen molar-refractivity contribution < 1.29 is 0 Å². The maximum atomic E-state index is 4.24. The molecule has 0 unspecified atom stereocenters. The van der Waals surface area contributed by atoms with Crippen molar-refractivity contribution >= 4 is 11.5 Å². The molecule has 2 rings (SSSR count). The van der Waals surface area contributed by atoms with Crippen LogP contribution in [0.1, 0.15) is 13.3 Å². The highest BCUT2D eigenvalue weighted by Gasteiger charge is 2.10. The van der Waals surface area contributed by atoms with E-state index < -0.39 is 0 Å². The van der Waals surface area contributed by atoms with Crippen LogP contribution in [0.15, 0.2) is 30.1 Å². The Labute approximate surface area is 77.9 Å². The SMILES string of the molecule is CC/C=C1\CNc2cccnc2N1. The number of rotatable bonds is 1. The molecule has 0 aromatic carbocycles. The van der Waals surface area contributed by atoms with Crippen LogP contribution in [-0.4, -0.2) is 11.5 Å². The van der Waals surface area contributed by atoms with Crippen LogP contribution < -0.4 is 10.6 Å². The van der Waals surface area contributed by atoms with Gasteiger partial charge in [-0.05, 0) is 18.6 Å². The molecule has 1 aromatic rings.